The maximum atomic E-state index is 11.9. The number of carbonyl (C=O) groups excluding carboxylic acids is 1. The molecule has 2 aromatic heterocycles. The standard InChI is InChI=1S/C16H20N4O2S2/c21-14(17-11-5-6-11)10-24-16-19-18-15(13-4-2-8-23-13)20(16)9-12-3-1-7-22-12/h2,4,8,11-12H,1,3,5-7,9-10H2,(H,17,21). The summed E-state index contributed by atoms with van der Waals surface area (Å²) in [4.78, 5) is 13.0. The van der Waals surface area contributed by atoms with E-state index >= 15 is 0 Å². The zero-order chi connectivity index (χ0) is 16.4. The number of rotatable bonds is 7. The third-order valence-electron chi connectivity index (χ3n) is 4.14. The number of aromatic nitrogens is 3. The fraction of sp³-hybridized carbons (Fsp3) is 0.562. The second kappa shape index (κ2) is 7.25. The van der Waals surface area contributed by atoms with Gasteiger partial charge in [-0.25, -0.2) is 0 Å². The second-order valence-corrected chi connectivity index (χ2v) is 8.05. The summed E-state index contributed by atoms with van der Waals surface area (Å²) in [5.74, 6) is 1.32. The average molecular weight is 364 g/mol. The number of thiophene rings is 1. The number of thioether (sulfide) groups is 1. The van der Waals surface area contributed by atoms with E-state index in [2.05, 4.69) is 26.1 Å². The van der Waals surface area contributed by atoms with Gasteiger partial charge in [-0.2, -0.15) is 0 Å². The molecule has 1 saturated heterocycles. The topological polar surface area (TPSA) is 69.0 Å². The van der Waals surface area contributed by atoms with Crippen LogP contribution in [0.25, 0.3) is 10.7 Å². The summed E-state index contributed by atoms with van der Waals surface area (Å²) < 4.78 is 7.89. The Kier molecular flexibility index (Phi) is 4.86. The van der Waals surface area contributed by atoms with Gasteiger partial charge in [-0.05, 0) is 37.1 Å². The van der Waals surface area contributed by atoms with Gasteiger partial charge in [0.15, 0.2) is 11.0 Å². The summed E-state index contributed by atoms with van der Waals surface area (Å²) in [5.41, 5.74) is 0. The Labute approximate surface area is 149 Å². The van der Waals surface area contributed by atoms with Crippen LogP contribution in [0.5, 0.6) is 0 Å². The third-order valence-corrected chi connectivity index (χ3v) is 5.98. The molecule has 2 aromatic rings. The van der Waals surface area contributed by atoms with Crippen molar-refractivity contribution in [3.05, 3.63) is 17.5 Å². The number of amides is 1. The molecule has 1 unspecified atom stereocenters. The molecule has 24 heavy (non-hydrogen) atoms. The van der Waals surface area contributed by atoms with Crippen molar-refractivity contribution in [1.82, 2.24) is 20.1 Å². The third kappa shape index (κ3) is 3.81. The Hall–Kier alpha value is -1.38. The van der Waals surface area contributed by atoms with E-state index in [0.717, 1.165) is 54.7 Å². The average Bonchev–Trinajstić information content (AvgIpc) is 3.04. The van der Waals surface area contributed by atoms with Crippen molar-refractivity contribution in [3.63, 3.8) is 0 Å². The molecule has 0 bridgehead atoms. The maximum Gasteiger partial charge on any atom is 0.230 e. The molecule has 4 rings (SSSR count). The molecule has 1 amide bonds. The molecule has 8 heteroatoms. The molecule has 1 N–H and O–H groups in total. The van der Waals surface area contributed by atoms with Gasteiger partial charge in [0.25, 0.3) is 0 Å². The van der Waals surface area contributed by atoms with Crippen LogP contribution in [0.15, 0.2) is 22.7 Å². The molecule has 1 saturated carbocycles. The number of hydrogen-bond donors (Lipinski definition) is 1. The molecule has 1 atom stereocenters. The van der Waals surface area contributed by atoms with E-state index in [1.165, 1.54) is 11.8 Å². The SMILES string of the molecule is O=C(CSc1nnc(-c2cccs2)n1CC1CCCO1)NC1CC1. The van der Waals surface area contributed by atoms with E-state index < -0.39 is 0 Å². The monoisotopic (exact) mass is 364 g/mol. The number of nitrogens with zero attached hydrogens (tertiary/aromatic N) is 3. The number of nitrogens with one attached hydrogen (secondary N) is 1. The molecule has 0 aromatic carbocycles. The van der Waals surface area contributed by atoms with E-state index in [4.69, 9.17) is 4.74 Å². The van der Waals surface area contributed by atoms with Crippen LogP contribution in [0.3, 0.4) is 0 Å². The fourth-order valence-corrected chi connectivity index (χ4v) is 4.24. The first-order valence-electron chi connectivity index (χ1n) is 8.30. The maximum absolute atomic E-state index is 11.9. The lowest BCUT2D eigenvalue weighted by molar-refractivity contribution is -0.118. The number of ether oxygens (including phenoxy) is 1. The van der Waals surface area contributed by atoms with Crippen LogP contribution < -0.4 is 5.32 Å². The Bertz CT molecular complexity index is 691. The summed E-state index contributed by atoms with van der Waals surface area (Å²) in [6.07, 6.45) is 4.59. The van der Waals surface area contributed by atoms with Crippen LogP contribution in [0.4, 0.5) is 0 Å². The van der Waals surface area contributed by atoms with Crippen molar-refractivity contribution in [2.45, 2.75) is 49.5 Å². The van der Waals surface area contributed by atoms with Crippen molar-refractivity contribution < 1.29 is 9.53 Å². The van der Waals surface area contributed by atoms with Gasteiger partial charge in [-0.3, -0.25) is 9.36 Å². The molecule has 2 aliphatic rings. The number of carbonyl (C=O) groups is 1. The lowest BCUT2D eigenvalue weighted by Crippen LogP contribution is -2.27. The van der Waals surface area contributed by atoms with Crippen molar-refractivity contribution in [2.24, 2.45) is 0 Å². The van der Waals surface area contributed by atoms with E-state index in [9.17, 15) is 4.79 Å². The van der Waals surface area contributed by atoms with Gasteiger partial charge in [0.1, 0.15) is 0 Å². The van der Waals surface area contributed by atoms with E-state index in [1.54, 1.807) is 11.3 Å². The van der Waals surface area contributed by atoms with Gasteiger partial charge in [0, 0.05) is 12.6 Å². The van der Waals surface area contributed by atoms with Gasteiger partial charge in [0.2, 0.25) is 5.91 Å². The van der Waals surface area contributed by atoms with Gasteiger partial charge in [-0.1, -0.05) is 17.8 Å². The van der Waals surface area contributed by atoms with Gasteiger partial charge < -0.3 is 10.1 Å². The molecular weight excluding hydrogens is 344 g/mol. The lowest BCUT2D eigenvalue weighted by atomic mass is 10.2. The van der Waals surface area contributed by atoms with Gasteiger partial charge in [-0.15, -0.1) is 21.5 Å². The molecule has 128 valence electrons. The molecule has 0 radical (unpaired) electrons. The van der Waals surface area contributed by atoms with Gasteiger partial charge >= 0.3 is 0 Å². The predicted octanol–water partition coefficient (Wildman–Crippen LogP) is 2.56. The Morgan fingerprint density at radius 2 is 2.33 bits per heavy atom. The first-order valence-corrected chi connectivity index (χ1v) is 10.2. The molecule has 2 fully saturated rings. The van der Waals surface area contributed by atoms with Gasteiger partial charge in [0.05, 0.1) is 23.3 Å². The fourth-order valence-electron chi connectivity index (χ4n) is 2.77. The summed E-state index contributed by atoms with van der Waals surface area (Å²) in [6, 6.07) is 4.46. The Morgan fingerprint density at radius 3 is 3.04 bits per heavy atom. The van der Waals surface area contributed by atoms with Crippen molar-refractivity contribution in [1.29, 1.82) is 0 Å². The van der Waals surface area contributed by atoms with Crippen LogP contribution in [0.1, 0.15) is 25.7 Å². The minimum absolute atomic E-state index is 0.0758. The molecule has 6 nitrogen and oxygen atoms in total. The molecular formula is C16H20N4O2S2. The predicted molar refractivity (Wildman–Crippen MR) is 94.2 cm³/mol. The highest BCUT2D eigenvalue weighted by Gasteiger charge is 2.25. The summed E-state index contributed by atoms with van der Waals surface area (Å²) >= 11 is 3.10. The Morgan fingerprint density at radius 1 is 1.42 bits per heavy atom. The molecule has 1 aliphatic heterocycles. The highest BCUT2D eigenvalue weighted by molar-refractivity contribution is 7.99. The van der Waals surface area contributed by atoms with E-state index in [0.29, 0.717) is 11.8 Å². The zero-order valence-electron chi connectivity index (χ0n) is 13.3. The minimum atomic E-state index is 0.0758. The van der Waals surface area contributed by atoms with Crippen molar-refractivity contribution in [3.8, 4) is 10.7 Å². The van der Waals surface area contributed by atoms with Crippen LogP contribution >= 0.6 is 23.1 Å². The van der Waals surface area contributed by atoms with Crippen LogP contribution in [0, 0.1) is 0 Å². The second-order valence-electron chi connectivity index (χ2n) is 6.16. The zero-order valence-corrected chi connectivity index (χ0v) is 14.9. The van der Waals surface area contributed by atoms with Crippen LogP contribution in [-0.2, 0) is 16.1 Å². The largest absolute Gasteiger partial charge is 0.376 e. The lowest BCUT2D eigenvalue weighted by Gasteiger charge is -2.14. The molecule has 3 heterocycles. The van der Waals surface area contributed by atoms with Crippen molar-refractivity contribution in [2.75, 3.05) is 12.4 Å². The Balaban J connectivity index is 1.49. The van der Waals surface area contributed by atoms with E-state index in [-0.39, 0.29) is 12.0 Å². The van der Waals surface area contributed by atoms with Crippen LogP contribution in [0.2, 0.25) is 0 Å². The van der Waals surface area contributed by atoms with Crippen LogP contribution in [-0.4, -0.2) is 45.2 Å². The first kappa shape index (κ1) is 16.1. The molecule has 0 spiro atoms. The molecule has 1 aliphatic carbocycles. The smallest absolute Gasteiger partial charge is 0.230 e. The summed E-state index contributed by atoms with van der Waals surface area (Å²) in [5, 5.41) is 14.5. The number of hydrogen-bond acceptors (Lipinski definition) is 6. The minimum Gasteiger partial charge on any atom is -0.376 e. The first-order chi connectivity index (χ1) is 11.8. The normalized spacial score (nSPS) is 20.4. The highest BCUT2D eigenvalue weighted by Crippen LogP contribution is 2.29. The van der Waals surface area contributed by atoms with Crippen molar-refractivity contribution >= 4 is 29.0 Å². The summed E-state index contributed by atoms with van der Waals surface area (Å²) in [6.45, 7) is 1.57. The highest BCUT2D eigenvalue weighted by atomic mass is 32.2. The van der Waals surface area contributed by atoms with E-state index in [1.807, 2.05) is 11.4 Å². The summed E-state index contributed by atoms with van der Waals surface area (Å²) in [7, 11) is 0. The quantitative estimate of drug-likeness (QED) is 0.765.